The van der Waals surface area contributed by atoms with Crippen LogP contribution in [0.1, 0.15) is 40.9 Å². The molecule has 0 spiro atoms. The van der Waals surface area contributed by atoms with Crippen molar-refractivity contribution in [3.63, 3.8) is 0 Å². The van der Waals surface area contributed by atoms with Gasteiger partial charge in [-0.2, -0.15) is 0 Å². The average molecular weight is 411 g/mol. The number of hydrogen-bond acceptors (Lipinski definition) is 5. The lowest BCUT2D eigenvalue weighted by Gasteiger charge is -2.22. The van der Waals surface area contributed by atoms with Crippen LogP contribution in [0, 0.1) is 11.8 Å². The molecule has 5 atom stereocenters. The monoisotopic (exact) mass is 411 g/mol. The number of carbonyl (C=O) groups is 3. The van der Waals surface area contributed by atoms with E-state index in [2.05, 4.69) is 19.9 Å². The maximum atomic E-state index is 12.5. The molecule has 29 heavy (non-hydrogen) atoms. The van der Waals surface area contributed by atoms with Gasteiger partial charge in [-0.25, -0.2) is 9.59 Å². The summed E-state index contributed by atoms with van der Waals surface area (Å²) in [6, 6.07) is 0. The largest absolute Gasteiger partial charge is 0.478 e. The van der Waals surface area contributed by atoms with Gasteiger partial charge < -0.3 is 24.6 Å². The van der Waals surface area contributed by atoms with E-state index in [9.17, 15) is 14.4 Å². The first-order valence-corrected chi connectivity index (χ1v) is 9.86. The van der Waals surface area contributed by atoms with E-state index >= 15 is 0 Å². The van der Waals surface area contributed by atoms with Gasteiger partial charge in [-0.05, 0) is 39.5 Å². The minimum atomic E-state index is -1.26. The van der Waals surface area contributed by atoms with Crippen molar-refractivity contribution in [3.8, 4) is 0 Å². The number of allylic oxidation sites excluding steroid dienone is 2. The highest BCUT2D eigenvalue weighted by Gasteiger charge is 2.63. The van der Waals surface area contributed by atoms with E-state index in [1.165, 1.54) is 5.57 Å². The Balaban J connectivity index is 0.000000343. The SMILES string of the molecule is O=C(O)/C=C/C(=O)O.[2H][C@@]1(C[NH+](C)C)C(=O)O[C@@H]2[C@H]3O[C@]3(C)CCC=C(C)CC[C@H]21. The van der Waals surface area contributed by atoms with Gasteiger partial charge in [-0.3, -0.25) is 4.79 Å². The molecule has 3 N–H and O–H groups in total. The molecule has 2 fully saturated rings. The third kappa shape index (κ3) is 6.40. The molecule has 0 radical (unpaired) electrons. The number of hydrogen-bond donors (Lipinski definition) is 3. The number of fused-ring (bicyclic) bond motifs is 3. The van der Waals surface area contributed by atoms with Crippen molar-refractivity contribution in [2.24, 2.45) is 11.8 Å². The molecule has 0 aromatic heterocycles. The molecule has 2 aliphatic heterocycles. The second kappa shape index (κ2) is 9.54. The average Bonchev–Trinajstić information content (AvgIpc) is 3.22. The molecule has 1 aliphatic carbocycles. The summed E-state index contributed by atoms with van der Waals surface area (Å²) in [5, 5.41) is 15.6. The Labute approximate surface area is 172 Å². The van der Waals surface area contributed by atoms with Gasteiger partial charge in [0.1, 0.15) is 18.1 Å². The first-order chi connectivity index (χ1) is 13.9. The Morgan fingerprint density at radius 3 is 2.52 bits per heavy atom. The van der Waals surface area contributed by atoms with Crippen molar-refractivity contribution in [3.05, 3.63) is 23.8 Å². The second-order valence-electron chi connectivity index (χ2n) is 8.37. The van der Waals surface area contributed by atoms with E-state index in [1.54, 1.807) is 0 Å². The van der Waals surface area contributed by atoms with Gasteiger partial charge in [0.15, 0.2) is 0 Å². The Morgan fingerprint density at radius 2 is 1.97 bits per heavy atom. The third-order valence-electron chi connectivity index (χ3n) is 5.48. The molecule has 0 saturated carbocycles. The molecule has 0 aromatic carbocycles. The Kier molecular flexibility index (Phi) is 7.08. The number of carboxylic acid groups (broad SMARTS) is 2. The first kappa shape index (κ1) is 21.5. The summed E-state index contributed by atoms with van der Waals surface area (Å²) in [4.78, 5) is 32.7. The Morgan fingerprint density at radius 1 is 1.34 bits per heavy atom. The van der Waals surface area contributed by atoms with Gasteiger partial charge in [-0.1, -0.05) is 11.6 Å². The third-order valence-corrected chi connectivity index (χ3v) is 5.48. The number of nitrogens with one attached hydrogen (secondary N) is 1. The quantitative estimate of drug-likeness (QED) is 0.269. The molecular weight excluding hydrogens is 378 g/mol. The van der Waals surface area contributed by atoms with Crippen LogP contribution in [0.25, 0.3) is 0 Å². The smallest absolute Gasteiger partial charge is 0.328 e. The molecule has 8 heteroatoms. The van der Waals surface area contributed by atoms with Crippen LogP contribution in [-0.2, 0) is 23.9 Å². The maximum absolute atomic E-state index is 12.5. The van der Waals surface area contributed by atoms with Crippen molar-refractivity contribution < 1.29 is 40.3 Å². The normalized spacial score (nSPS) is 36.7. The van der Waals surface area contributed by atoms with E-state index in [-0.39, 0.29) is 29.7 Å². The zero-order valence-corrected chi connectivity index (χ0v) is 17.4. The topological polar surface area (TPSA) is 118 Å². The van der Waals surface area contributed by atoms with Crippen LogP contribution >= 0.6 is 0 Å². The van der Waals surface area contributed by atoms with Crippen molar-refractivity contribution in [1.82, 2.24) is 0 Å². The molecule has 0 unspecified atom stereocenters. The lowest BCUT2D eigenvalue weighted by molar-refractivity contribution is -0.861. The highest BCUT2D eigenvalue weighted by Crippen LogP contribution is 2.49. The summed E-state index contributed by atoms with van der Waals surface area (Å²) in [5.74, 6) is -4.10. The van der Waals surface area contributed by atoms with Crippen LogP contribution in [0.3, 0.4) is 0 Å². The fourth-order valence-electron chi connectivity index (χ4n) is 3.93. The van der Waals surface area contributed by atoms with Crippen molar-refractivity contribution >= 4 is 17.9 Å². The number of rotatable bonds is 4. The van der Waals surface area contributed by atoms with E-state index in [0.717, 1.165) is 30.6 Å². The summed E-state index contributed by atoms with van der Waals surface area (Å²) in [5.41, 5.74) is 1.16. The number of esters is 1. The molecule has 0 aromatic rings. The van der Waals surface area contributed by atoms with Crippen molar-refractivity contribution in [1.29, 1.82) is 0 Å². The Hall–Kier alpha value is -2.19. The lowest BCUT2D eigenvalue weighted by Crippen LogP contribution is -3.06. The van der Waals surface area contributed by atoms with Gasteiger partial charge in [0.2, 0.25) is 0 Å². The zero-order valence-electron chi connectivity index (χ0n) is 18.4. The predicted octanol–water partition coefficient (Wildman–Crippen LogP) is 0.678. The number of quaternary nitrogens is 1. The molecule has 2 heterocycles. The molecule has 8 nitrogen and oxygen atoms in total. The summed E-state index contributed by atoms with van der Waals surface area (Å²) in [6.45, 7) is 4.73. The lowest BCUT2D eigenvalue weighted by atomic mass is 9.80. The van der Waals surface area contributed by atoms with Gasteiger partial charge >= 0.3 is 17.9 Å². The van der Waals surface area contributed by atoms with Gasteiger partial charge in [-0.15, -0.1) is 0 Å². The predicted molar refractivity (Wildman–Crippen MR) is 104 cm³/mol. The minimum Gasteiger partial charge on any atom is -0.478 e. The molecule has 162 valence electrons. The molecular formula is C21H32NO7+. The van der Waals surface area contributed by atoms with E-state index in [4.69, 9.17) is 21.1 Å². The number of epoxide rings is 1. The highest BCUT2D eigenvalue weighted by atomic mass is 16.6. The fourth-order valence-corrected chi connectivity index (χ4v) is 3.93. The molecule has 3 aliphatic rings. The zero-order chi connectivity index (χ0) is 22.7. The minimum absolute atomic E-state index is 0.0300. The number of carbonyl (C=O) groups excluding carboxylic acids is 1. The van der Waals surface area contributed by atoms with Gasteiger partial charge in [0, 0.05) is 19.4 Å². The van der Waals surface area contributed by atoms with Crippen LogP contribution in [0.5, 0.6) is 0 Å². The first-order valence-electron chi connectivity index (χ1n) is 10.4. The van der Waals surface area contributed by atoms with Crippen molar-refractivity contribution in [2.45, 2.75) is 57.3 Å². The van der Waals surface area contributed by atoms with Crippen LogP contribution in [0.4, 0.5) is 0 Å². The molecule has 3 rings (SSSR count). The van der Waals surface area contributed by atoms with Crippen LogP contribution < -0.4 is 4.90 Å². The van der Waals surface area contributed by atoms with E-state index in [0.29, 0.717) is 18.7 Å². The number of ether oxygens (including phenoxy) is 2. The van der Waals surface area contributed by atoms with Crippen LogP contribution in [0.15, 0.2) is 23.8 Å². The highest BCUT2D eigenvalue weighted by molar-refractivity contribution is 5.89. The Bertz CT molecular complexity index is 734. The van der Waals surface area contributed by atoms with Gasteiger partial charge in [0.05, 0.1) is 26.2 Å². The second-order valence-corrected chi connectivity index (χ2v) is 8.37. The van der Waals surface area contributed by atoms with E-state index < -0.39 is 17.8 Å². The molecule has 0 bridgehead atoms. The summed E-state index contributed by atoms with van der Waals surface area (Å²) < 4.78 is 20.4. The van der Waals surface area contributed by atoms with E-state index in [1.807, 2.05) is 14.1 Å². The standard InChI is InChI=1S/C17H27NO3.C4H4O4/c1-11-6-5-9-17(2)15(21-17)14-12(8-7-11)13(10-18(3)4)16(19)20-14;5-3(6)1-2-4(7)8/h6,12-15H,5,7-10H2,1-4H3;1-2H,(H,5,6)(H,7,8)/p+1/b;2-1+/t12-,13-,14-,15+,17+;/m0./s1/i13D;. The van der Waals surface area contributed by atoms with Crippen LogP contribution in [0.2, 0.25) is 0 Å². The van der Waals surface area contributed by atoms with Crippen LogP contribution in [-0.4, -0.2) is 66.6 Å². The summed E-state index contributed by atoms with van der Waals surface area (Å²) >= 11 is 0. The summed E-state index contributed by atoms with van der Waals surface area (Å²) in [6.07, 6.45) is 6.85. The van der Waals surface area contributed by atoms with Gasteiger partial charge in [0.25, 0.3) is 0 Å². The number of aliphatic carboxylic acids is 2. The molecule has 0 amide bonds. The number of carboxylic acids is 2. The fraction of sp³-hybridized carbons (Fsp3) is 0.667. The maximum Gasteiger partial charge on any atom is 0.328 e. The molecule has 2 saturated heterocycles. The summed E-state index contributed by atoms with van der Waals surface area (Å²) in [7, 11) is 3.97. The van der Waals surface area contributed by atoms with Crippen molar-refractivity contribution in [2.75, 3.05) is 20.6 Å².